The third-order valence-corrected chi connectivity index (χ3v) is 4.55. The predicted octanol–water partition coefficient (Wildman–Crippen LogP) is 3.36. The zero-order chi connectivity index (χ0) is 15.0. The summed E-state index contributed by atoms with van der Waals surface area (Å²) in [6, 6.07) is 5.88. The number of carbonyl (C=O) groups excluding carboxylic acids is 1. The van der Waals surface area contributed by atoms with Crippen molar-refractivity contribution >= 4 is 16.8 Å². The van der Waals surface area contributed by atoms with Crippen molar-refractivity contribution in [2.75, 3.05) is 20.2 Å². The van der Waals surface area contributed by atoms with E-state index in [1.165, 1.54) is 0 Å². The van der Waals surface area contributed by atoms with E-state index in [9.17, 15) is 4.79 Å². The number of piperidine rings is 1. The normalized spacial score (nSPS) is 16.4. The van der Waals surface area contributed by atoms with Gasteiger partial charge in [-0.1, -0.05) is 6.92 Å². The molecule has 0 aliphatic carbocycles. The zero-order valence-electron chi connectivity index (χ0n) is 12.9. The van der Waals surface area contributed by atoms with E-state index in [2.05, 4.69) is 11.9 Å². The van der Waals surface area contributed by atoms with E-state index >= 15 is 0 Å². The van der Waals surface area contributed by atoms with Crippen LogP contribution in [0, 0.1) is 12.8 Å². The van der Waals surface area contributed by atoms with Crippen LogP contribution in [0.4, 0.5) is 0 Å². The zero-order valence-corrected chi connectivity index (χ0v) is 12.9. The molecule has 1 amide bonds. The van der Waals surface area contributed by atoms with Gasteiger partial charge in [0.1, 0.15) is 11.4 Å². The number of nitrogens with one attached hydrogen (secondary N) is 1. The molecular weight excluding hydrogens is 264 g/mol. The first-order valence-corrected chi connectivity index (χ1v) is 7.55. The van der Waals surface area contributed by atoms with Crippen LogP contribution in [-0.2, 0) is 0 Å². The molecule has 4 heteroatoms. The maximum Gasteiger partial charge on any atom is 0.270 e. The topological polar surface area (TPSA) is 45.3 Å². The number of likely N-dealkylation sites (tertiary alicyclic amines) is 1. The molecule has 112 valence electrons. The van der Waals surface area contributed by atoms with Gasteiger partial charge in [0.25, 0.3) is 5.91 Å². The Morgan fingerprint density at radius 2 is 2.05 bits per heavy atom. The van der Waals surface area contributed by atoms with Gasteiger partial charge in [-0.2, -0.15) is 0 Å². The number of amides is 1. The third kappa shape index (κ3) is 2.50. The van der Waals surface area contributed by atoms with E-state index in [0.29, 0.717) is 5.69 Å². The van der Waals surface area contributed by atoms with Crippen molar-refractivity contribution in [1.29, 1.82) is 0 Å². The van der Waals surface area contributed by atoms with E-state index in [1.807, 2.05) is 30.0 Å². The van der Waals surface area contributed by atoms with Gasteiger partial charge in [-0.3, -0.25) is 4.79 Å². The monoisotopic (exact) mass is 286 g/mol. The van der Waals surface area contributed by atoms with Gasteiger partial charge in [0, 0.05) is 30.1 Å². The fourth-order valence-corrected chi connectivity index (χ4v) is 3.03. The second-order valence-electron chi connectivity index (χ2n) is 6.01. The minimum Gasteiger partial charge on any atom is -0.497 e. The first kappa shape index (κ1) is 14.0. The number of nitrogens with zero attached hydrogens (tertiary/aromatic N) is 1. The number of hydrogen-bond donors (Lipinski definition) is 1. The molecule has 1 aromatic carbocycles. The molecule has 0 saturated carbocycles. The molecule has 1 N–H and O–H groups in total. The minimum atomic E-state index is 0.120. The first-order chi connectivity index (χ1) is 10.1. The van der Waals surface area contributed by atoms with E-state index in [1.54, 1.807) is 7.11 Å². The van der Waals surface area contributed by atoms with Gasteiger partial charge in [0.05, 0.1) is 7.11 Å². The molecule has 1 fully saturated rings. The van der Waals surface area contributed by atoms with Gasteiger partial charge >= 0.3 is 0 Å². The highest BCUT2D eigenvalue weighted by Crippen LogP contribution is 2.27. The number of carbonyl (C=O) groups is 1. The molecular formula is C17H22N2O2. The van der Waals surface area contributed by atoms with Crippen LogP contribution >= 0.6 is 0 Å². The van der Waals surface area contributed by atoms with Crippen LogP contribution in [0.5, 0.6) is 5.75 Å². The molecule has 1 saturated heterocycles. The average Bonchev–Trinajstić information content (AvgIpc) is 2.83. The summed E-state index contributed by atoms with van der Waals surface area (Å²) in [7, 11) is 1.65. The van der Waals surface area contributed by atoms with Crippen molar-refractivity contribution < 1.29 is 9.53 Å². The van der Waals surface area contributed by atoms with Crippen molar-refractivity contribution in [3.63, 3.8) is 0 Å². The molecule has 0 bridgehead atoms. The van der Waals surface area contributed by atoms with Crippen molar-refractivity contribution in [3.05, 3.63) is 29.5 Å². The Hall–Kier alpha value is -1.97. The molecule has 4 nitrogen and oxygen atoms in total. The Kier molecular flexibility index (Phi) is 3.62. The lowest BCUT2D eigenvalue weighted by atomic mass is 9.99. The highest BCUT2D eigenvalue weighted by atomic mass is 16.5. The van der Waals surface area contributed by atoms with Crippen molar-refractivity contribution in [3.8, 4) is 5.75 Å². The fraction of sp³-hybridized carbons (Fsp3) is 0.471. The molecule has 0 radical (unpaired) electrons. The molecule has 1 aromatic heterocycles. The summed E-state index contributed by atoms with van der Waals surface area (Å²) in [5.41, 5.74) is 2.70. The Morgan fingerprint density at radius 3 is 2.71 bits per heavy atom. The molecule has 2 heterocycles. The second kappa shape index (κ2) is 5.43. The summed E-state index contributed by atoms with van der Waals surface area (Å²) in [5, 5.41) is 1.09. The lowest BCUT2D eigenvalue weighted by molar-refractivity contribution is 0.0691. The van der Waals surface area contributed by atoms with Crippen LogP contribution in [0.2, 0.25) is 0 Å². The SMILES string of the molecule is COc1ccc2c(C)c(C(=O)N3CCC(C)CC3)[nH]c2c1. The van der Waals surface area contributed by atoms with Gasteiger partial charge in [-0.25, -0.2) is 0 Å². The van der Waals surface area contributed by atoms with Crippen LogP contribution in [-0.4, -0.2) is 36.0 Å². The number of H-pyrrole nitrogens is 1. The molecule has 0 spiro atoms. The average molecular weight is 286 g/mol. The Labute approximate surface area is 125 Å². The maximum atomic E-state index is 12.7. The summed E-state index contributed by atoms with van der Waals surface area (Å²) < 4.78 is 5.24. The Morgan fingerprint density at radius 1 is 1.33 bits per heavy atom. The summed E-state index contributed by atoms with van der Waals surface area (Å²) in [5.74, 6) is 1.64. The quantitative estimate of drug-likeness (QED) is 0.920. The van der Waals surface area contributed by atoms with Gasteiger partial charge in [0.15, 0.2) is 0 Å². The van der Waals surface area contributed by atoms with Crippen LogP contribution in [0.1, 0.15) is 35.8 Å². The number of aromatic amines is 1. The number of methoxy groups -OCH3 is 1. The predicted molar refractivity (Wildman–Crippen MR) is 83.9 cm³/mol. The largest absolute Gasteiger partial charge is 0.497 e. The van der Waals surface area contributed by atoms with Crippen LogP contribution in [0.3, 0.4) is 0 Å². The number of rotatable bonds is 2. The molecule has 1 aliphatic heterocycles. The molecule has 0 unspecified atom stereocenters. The molecule has 1 aliphatic rings. The lowest BCUT2D eigenvalue weighted by Crippen LogP contribution is -2.38. The Balaban J connectivity index is 1.92. The van der Waals surface area contributed by atoms with Gasteiger partial charge < -0.3 is 14.6 Å². The van der Waals surface area contributed by atoms with E-state index in [4.69, 9.17) is 4.74 Å². The first-order valence-electron chi connectivity index (χ1n) is 7.55. The summed E-state index contributed by atoms with van der Waals surface area (Å²) in [6.07, 6.45) is 2.19. The number of aryl methyl sites for hydroxylation is 1. The number of ether oxygens (including phenoxy) is 1. The van der Waals surface area contributed by atoms with Crippen LogP contribution < -0.4 is 4.74 Å². The van der Waals surface area contributed by atoms with Gasteiger partial charge in [-0.15, -0.1) is 0 Å². The third-order valence-electron chi connectivity index (χ3n) is 4.55. The van der Waals surface area contributed by atoms with Gasteiger partial charge in [0.2, 0.25) is 0 Å². The molecule has 3 rings (SSSR count). The van der Waals surface area contributed by atoms with Crippen molar-refractivity contribution in [2.45, 2.75) is 26.7 Å². The fourth-order valence-electron chi connectivity index (χ4n) is 3.03. The van der Waals surface area contributed by atoms with Gasteiger partial charge in [-0.05, 0) is 43.4 Å². The minimum absolute atomic E-state index is 0.120. The number of hydrogen-bond acceptors (Lipinski definition) is 2. The lowest BCUT2D eigenvalue weighted by Gasteiger charge is -2.30. The van der Waals surface area contributed by atoms with E-state index < -0.39 is 0 Å². The maximum absolute atomic E-state index is 12.7. The number of fused-ring (bicyclic) bond motifs is 1. The van der Waals surface area contributed by atoms with E-state index in [-0.39, 0.29) is 5.91 Å². The Bertz CT molecular complexity index is 667. The number of aromatic nitrogens is 1. The summed E-state index contributed by atoms with van der Waals surface area (Å²) >= 11 is 0. The van der Waals surface area contributed by atoms with Crippen molar-refractivity contribution in [1.82, 2.24) is 9.88 Å². The highest BCUT2D eigenvalue weighted by molar-refractivity contribution is 6.01. The molecule has 21 heavy (non-hydrogen) atoms. The second-order valence-corrected chi connectivity index (χ2v) is 6.01. The molecule has 0 atom stereocenters. The number of benzene rings is 1. The summed E-state index contributed by atoms with van der Waals surface area (Å²) in [6.45, 7) is 5.98. The van der Waals surface area contributed by atoms with E-state index in [0.717, 1.165) is 54.1 Å². The van der Waals surface area contributed by atoms with Crippen molar-refractivity contribution in [2.24, 2.45) is 5.92 Å². The standard InChI is InChI=1S/C17H22N2O2/c1-11-6-8-19(9-7-11)17(20)16-12(2)14-5-4-13(21-3)10-15(14)18-16/h4-5,10-11,18H,6-9H2,1-3H3. The molecule has 2 aromatic rings. The van der Waals surface area contributed by atoms with Crippen LogP contribution in [0.25, 0.3) is 10.9 Å². The summed E-state index contributed by atoms with van der Waals surface area (Å²) in [4.78, 5) is 18.0. The van der Waals surface area contributed by atoms with Crippen LogP contribution in [0.15, 0.2) is 18.2 Å². The smallest absolute Gasteiger partial charge is 0.270 e. The highest BCUT2D eigenvalue weighted by Gasteiger charge is 2.24.